The summed E-state index contributed by atoms with van der Waals surface area (Å²) in [6.45, 7) is 0. The Morgan fingerprint density at radius 1 is 1.12 bits per heavy atom. The summed E-state index contributed by atoms with van der Waals surface area (Å²) in [4.78, 5) is 0.198. The van der Waals surface area contributed by atoms with Crippen LogP contribution in [0.4, 0.5) is 4.39 Å². The van der Waals surface area contributed by atoms with Crippen molar-refractivity contribution in [3.05, 3.63) is 59.4 Å². The van der Waals surface area contributed by atoms with Gasteiger partial charge in [-0.25, -0.2) is 17.5 Å². The highest BCUT2D eigenvalue weighted by Crippen LogP contribution is 2.24. The molecule has 3 rings (SSSR count). The maximum atomic E-state index is 13.9. The molecule has 1 aromatic heterocycles. The van der Waals surface area contributed by atoms with Crippen molar-refractivity contribution in [1.82, 2.24) is 14.9 Å². The molecule has 0 saturated carbocycles. The van der Waals surface area contributed by atoms with Crippen molar-refractivity contribution in [1.29, 1.82) is 0 Å². The zero-order valence-corrected chi connectivity index (χ0v) is 15.7. The number of benzene rings is 2. The van der Waals surface area contributed by atoms with E-state index in [4.69, 9.17) is 17.4 Å². The number of aromatic nitrogens is 3. The first kappa shape index (κ1) is 18.7. The van der Waals surface area contributed by atoms with Crippen molar-refractivity contribution >= 4 is 33.2 Å². The quantitative estimate of drug-likeness (QED) is 0.494. The number of rotatable bonds is 6. The predicted molar refractivity (Wildman–Crippen MR) is 99.8 cm³/mol. The number of hydrogen-bond donors (Lipinski definition) is 1. The standard InChI is InChI=1S/C16H14ClFN4O2S2/c17-11-5-7-12(8-6-11)26(23,24)10-9-25-16-21-20-15(22(16)19)13-3-1-2-4-14(13)18/h1-8H,9-10,19H2. The van der Waals surface area contributed by atoms with Crippen molar-refractivity contribution in [2.75, 3.05) is 17.3 Å². The lowest BCUT2D eigenvalue weighted by Crippen LogP contribution is -2.13. The van der Waals surface area contributed by atoms with E-state index >= 15 is 0 Å². The van der Waals surface area contributed by atoms with Crippen LogP contribution in [0.15, 0.2) is 58.6 Å². The van der Waals surface area contributed by atoms with Gasteiger partial charge in [0.2, 0.25) is 5.16 Å². The number of sulfone groups is 1. The molecule has 26 heavy (non-hydrogen) atoms. The summed E-state index contributed by atoms with van der Waals surface area (Å²) in [6, 6.07) is 12.1. The molecule has 0 aliphatic rings. The van der Waals surface area contributed by atoms with E-state index in [-0.39, 0.29) is 27.8 Å². The molecule has 0 fully saturated rings. The van der Waals surface area contributed by atoms with E-state index in [1.165, 1.54) is 30.3 Å². The largest absolute Gasteiger partial charge is 0.335 e. The highest BCUT2D eigenvalue weighted by molar-refractivity contribution is 8.00. The van der Waals surface area contributed by atoms with Crippen molar-refractivity contribution in [3.8, 4) is 11.4 Å². The summed E-state index contributed by atoms with van der Waals surface area (Å²) >= 11 is 6.90. The maximum absolute atomic E-state index is 13.9. The van der Waals surface area contributed by atoms with Gasteiger partial charge in [0.25, 0.3) is 0 Å². The molecule has 136 valence electrons. The predicted octanol–water partition coefficient (Wildman–Crippen LogP) is 3.02. The highest BCUT2D eigenvalue weighted by Gasteiger charge is 2.18. The zero-order chi connectivity index (χ0) is 18.7. The second-order valence-electron chi connectivity index (χ2n) is 5.28. The van der Waals surface area contributed by atoms with E-state index in [0.29, 0.717) is 10.2 Å². The van der Waals surface area contributed by atoms with Gasteiger partial charge in [-0.1, -0.05) is 35.5 Å². The van der Waals surface area contributed by atoms with Crippen molar-refractivity contribution < 1.29 is 12.8 Å². The zero-order valence-electron chi connectivity index (χ0n) is 13.3. The second kappa shape index (κ2) is 7.65. The molecule has 0 saturated heterocycles. The van der Waals surface area contributed by atoms with Crippen LogP contribution in [-0.4, -0.2) is 34.8 Å². The van der Waals surface area contributed by atoms with Crippen LogP contribution in [-0.2, 0) is 9.84 Å². The van der Waals surface area contributed by atoms with E-state index in [0.717, 1.165) is 16.4 Å². The molecule has 0 unspecified atom stereocenters. The van der Waals surface area contributed by atoms with Gasteiger partial charge >= 0.3 is 0 Å². The summed E-state index contributed by atoms with van der Waals surface area (Å²) in [5, 5.41) is 8.57. The Morgan fingerprint density at radius 3 is 2.50 bits per heavy atom. The lowest BCUT2D eigenvalue weighted by atomic mass is 10.2. The Labute approximate surface area is 159 Å². The second-order valence-corrected chi connectivity index (χ2v) is 8.88. The van der Waals surface area contributed by atoms with Crippen LogP contribution in [0.25, 0.3) is 11.4 Å². The van der Waals surface area contributed by atoms with Crippen LogP contribution in [0.3, 0.4) is 0 Å². The lowest BCUT2D eigenvalue weighted by Gasteiger charge is -2.06. The number of nitrogens with zero attached hydrogens (tertiary/aromatic N) is 3. The van der Waals surface area contributed by atoms with Crippen molar-refractivity contribution in [2.24, 2.45) is 0 Å². The first-order valence-corrected chi connectivity index (χ1v) is 10.5. The Kier molecular flexibility index (Phi) is 5.49. The molecule has 0 amide bonds. The minimum Gasteiger partial charge on any atom is -0.335 e. The van der Waals surface area contributed by atoms with Gasteiger partial charge < -0.3 is 5.84 Å². The fourth-order valence-electron chi connectivity index (χ4n) is 2.20. The van der Waals surface area contributed by atoms with Crippen LogP contribution >= 0.6 is 23.4 Å². The van der Waals surface area contributed by atoms with Gasteiger partial charge in [-0.3, -0.25) is 0 Å². The minimum atomic E-state index is -3.45. The molecule has 0 radical (unpaired) electrons. The van der Waals surface area contributed by atoms with E-state index in [9.17, 15) is 12.8 Å². The van der Waals surface area contributed by atoms with Gasteiger partial charge in [0, 0.05) is 10.8 Å². The number of nitrogens with two attached hydrogens (primary N) is 1. The summed E-state index contributed by atoms with van der Waals surface area (Å²) in [6.07, 6.45) is 0. The topological polar surface area (TPSA) is 90.9 Å². The molecule has 3 aromatic rings. The van der Waals surface area contributed by atoms with E-state index in [2.05, 4.69) is 10.2 Å². The molecule has 2 aromatic carbocycles. The summed E-state index contributed by atoms with van der Waals surface area (Å²) in [7, 11) is -3.45. The van der Waals surface area contributed by atoms with Crippen LogP contribution in [0.5, 0.6) is 0 Å². The van der Waals surface area contributed by atoms with Gasteiger partial charge in [0.1, 0.15) is 5.82 Å². The molecule has 0 bridgehead atoms. The molecule has 10 heteroatoms. The smallest absolute Gasteiger partial charge is 0.210 e. The van der Waals surface area contributed by atoms with Crippen molar-refractivity contribution in [3.63, 3.8) is 0 Å². The van der Waals surface area contributed by atoms with Gasteiger partial charge in [-0.2, -0.15) is 0 Å². The number of halogens is 2. The Bertz CT molecular complexity index is 1020. The molecule has 0 aliphatic carbocycles. The number of thioether (sulfide) groups is 1. The Balaban J connectivity index is 1.69. The van der Waals surface area contributed by atoms with E-state index in [1.54, 1.807) is 18.2 Å². The molecule has 0 spiro atoms. The normalized spacial score (nSPS) is 11.6. The molecule has 0 atom stereocenters. The van der Waals surface area contributed by atoms with E-state index in [1.807, 2.05) is 0 Å². The first-order valence-electron chi connectivity index (χ1n) is 7.45. The monoisotopic (exact) mass is 412 g/mol. The molecule has 6 nitrogen and oxygen atoms in total. The average Bonchev–Trinajstić information content (AvgIpc) is 2.96. The number of nitrogen functional groups attached to an aromatic ring is 1. The summed E-state index contributed by atoms with van der Waals surface area (Å²) in [5.74, 6) is 5.74. The fraction of sp³-hybridized carbons (Fsp3) is 0.125. The number of hydrogen-bond acceptors (Lipinski definition) is 6. The highest BCUT2D eigenvalue weighted by atomic mass is 35.5. The van der Waals surface area contributed by atoms with Crippen LogP contribution < -0.4 is 5.84 Å². The van der Waals surface area contributed by atoms with Gasteiger partial charge in [-0.15, -0.1) is 10.2 Å². The third kappa shape index (κ3) is 4.00. The van der Waals surface area contributed by atoms with E-state index < -0.39 is 15.7 Å². The molecule has 1 heterocycles. The fourth-order valence-corrected chi connectivity index (χ4v) is 4.83. The third-order valence-corrected chi connectivity index (χ3v) is 6.72. The Hall–Kier alpha value is -2.10. The third-order valence-electron chi connectivity index (χ3n) is 3.54. The van der Waals surface area contributed by atoms with Crippen LogP contribution in [0.1, 0.15) is 0 Å². The SMILES string of the molecule is Nn1c(SCCS(=O)(=O)c2ccc(Cl)cc2)nnc1-c1ccccc1F. The molecule has 2 N–H and O–H groups in total. The molecular formula is C16H14ClFN4O2S2. The average molecular weight is 413 g/mol. The van der Waals surface area contributed by atoms with Crippen LogP contribution in [0.2, 0.25) is 5.02 Å². The van der Waals surface area contributed by atoms with Crippen molar-refractivity contribution in [2.45, 2.75) is 10.1 Å². The minimum absolute atomic E-state index is 0.110. The molecule has 0 aliphatic heterocycles. The molecular weight excluding hydrogens is 399 g/mol. The lowest BCUT2D eigenvalue weighted by molar-refractivity contribution is 0.597. The summed E-state index contributed by atoms with van der Waals surface area (Å²) in [5.41, 5.74) is 0.225. The van der Waals surface area contributed by atoms with Crippen LogP contribution in [0, 0.1) is 5.82 Å². The first-order chi connectivity index (χ1) is 12.4. The van der Waals surface area contributed by atoms with Gasteiger partial charge in [0.15, 0.2) is 15.7 Å². The van der Waals surface area contributed by atoms with Gasteiger partial charge in [0.05, 0.1) is 16.2 Å². The Morgan fingerprint density at radius 2 is 1.81 bits per heavy atom. The van der Waals surface area contributed by atoms with Gasteiger partial charge in [-0.05, 0) is 36.4 Å². The summed E-state index contributed by atoms with van der Waals surface area (Å²) < 4.78 is 39.6. The maximum Gasteiger partial charge on any atom is 0.210 e.